The summed E-state index contributed by atoms with van der Waals surface area (Å²) in [6, 6.07) is 0.0183. The van der Waals surface area contributed by atoms with Gasteiger partial charge in [-0.05, 0) is 48.5 Å². The van der Waals surface area contributed by atoms with Crippen molar-refractivity contribution in [1.82, 2.24) is 4.90 Å². The Morgan fingerprint density at radius 3 is 1.81 bits per heavy atom. The Bertz CT molecular complexity index is 241. The van der Waals surface area contributed by atoms with Crippen molar-refractivity contribution in [3.63, 3.8) is 0 Å². The van der Waals surface area contributed by atoms with Crippen LogP contribution in [0.1, 0.15) is 48.5 Å². The lowest BCUT2D eigenvalue weighted by Crippen LogP contribution is -2.53. The van der Waals surface area contributed by atoms with E-state index in [0.29, 0.717) is 0 Å². The molecule has 0 heterocycles. The molecule has 0 rings (SSSR count). The van der Waals surface area contributed by atoms with Gasteiger partial charge in [-0.1, -0.05) is 0 Å². The molecule has 0 aromatic carbocycles. The first-order valence-electron chi connectivity index (χ1n) is 5.58. The van der Waals surface area contributed by atoms with Gasteiger partial charge in [0.1, 0.15) is 11.3 Å². The molecule has 4 heteroatoms. The van der Waals surface area contributed by atoms with Crippen LogP contribution in [0.4, 0.5) is 4.79 Å². The number of methoxy groups -OCH3 is 1. The molecule has 0 spiro atoms. The SMILES string of the molecule is COC(C)(C)N(C(=O)OC(C)(C)C)C(C)C. The molecule has 0 bridgehead atoms. The maximum absolute atomic E-state index is 12.0. The van der Waals surface area contributed by atoms with E-state index in [0.717, 1.165) is 0 Å². The highest BCUT2D eigenvalue weighted by Gasteiger charge is 2.35. The molecule has 0 aromatic heterocycles. The molecule has 0 saturated carbocycles. The first-order valence-corrected chi connectivity index (χ1v) is 5.58. The molecule has 0 atom stereocenters. The van der Waals surface area contributed by atoms with Crippen LogP contribution in [0.3, 0.4) is 0 Å². The smallest absolute Gasteiger partial charge is 0.412 e. The van der Waals surface area contributed by atoms with Gasteiger partial charge in [-0.15, -0.1) is 0 Å². The number of hydrogen-bond acceptors (Lipinski definition) is 3. The summed E-state index contributed by atoms with van der Waals surface area (Å²) in [4.78, 5) is 13.6. The van der Waals surface area contributed by atoms with Crippen LogP contribution in [0.2, 0.25) is 0 Å². The van der Waals surface area contributed by atoms with Gasteiger partial charge in [0.15, 0.2) is 0 Å². The molecule has 0 aliphatic rings. The van der Waals surface area contributed by atoms with E-state index in [2.05, 4.69) is 0 Å². The predicted molar refractivity (Wildman–Crippen MR) is 64.3 cm³/mol. The van der Waals surface area contributed by atoms with E-state index in [1.54, 1.807) is 12.0 Å². The third-order valence-corrected chi connectivity index (χ3v) is 2.19. The Balaban J connectivity index is 4.88. The van der Waals surface area contributed by atoms with Gasteiger partial charge in [0, 0.05) is 13.2 Å². The van der Waals surface area contributed by atoms with Crippen LogP contribution in [-0.4, -0.2) is 35.5 Å². The van der Waals surface area contributed by atoms with Crippen LogP contribution in [0.5, 0.6) is 0 Å². The monoisotopic (exact) mass is 231 g/mol. The Morgan fingerprint density at radius 2 is 1.56 bits per heavy atom. The summed E-state index contributed by atoms with van der Waals surface area (Å²) >= 11 is 0. The van der Waals surface area contributed by atoms with Gasteiger partial charge in [0.05, 0.1) is 0 Å². The predicted octanol–water partition coefficient (Wildman–Crippen LogP) is 3.01. The van der Waals surface area contributed by atoms with Gasteiger partial charge >= 0.3 is 6.09 Å². The maximum atomic E-state index is 12.0. The zero-order valence-electron chi connectivity index (χ0n) is 11.7. The Labute approximate surface area is 98.9 Å². The topological polar surface area (TPSA) is 38.8 Å². The molecule has 0 unspecified atom stereocenters. The molecule has 96 valence electrons. The first kappa shape index (κ1) is 15.2. The summed E-state index contributed by atoms with van der Waals surface area (Å²) in [5.74, 6) is 0. The number of carbonyl (C=O) groups is 1. The normalized spacial score (nSPS) is 12.8. The van der Waals surface area contributed by atoms with Crippen molar-refractivity contribution < 1.29 is 14.3 Å². The second kappa shape index (κ2) is 5.04. The number of carbonyl (C=O) groups excluding carboxylic acids is 1. The number of nitrogens with zero attached hydrogens (tertiary/aromatic N) is 1. The molecule has 4 nitrogen and oxygen atoms in total. The van der Waals surface area contributed by atoms with Crippen LogP contribution >= 0.6 is 0 Å². The summed E-state index contributed by atoms with van der Waals surface area (Å²) in [5, 5.41) is 0. The van der Waals surface area contributed by atoms with Gasteiger partial charge in [-0.2, -0.15) is 0 Å². The Hall–Kier alpha value is -0.770. The fourth-order valence-corrected chi connectivity index (χ4v) is 1.46. The standard InChI is InChI=1S/C12H25NO3/c1-9(2)13(12(6,7)15-8)10(14)16-11(3,4)5/h9H,1-8H3. The van der Waals surface area contributed by atoms with E-state index in [4.69, 9.17) is 9.47 Å². The molecule has 0 fully saturated rings. The van der Waals surface area contributed by atoms with Crippen LogP contribution in [0.15, 0.2) is 0 Å². The van der Waals surface area contributed by atoms with Crippen LogP contribution < -0.4 is 0 Å². The van der Waals surface area contributed by atoms with Crippen molar-refractivity contribution in [3.8, 4) is 0 Å². The highest BCUT2D eigenvalue weighted by Crippen LogP contribution is 2.22. The summed E-state index contributed by atoms with van der Waals surface area (Å²) in [5.41, 5.74) is -1.16. The molecule has 0 N–H and O–H groups in total. The number of rotatable bonds is 3. The van der Waals surface area contributed by atoms with Crippen LogP contribution in [0, 0.1) is 0 Å². The second-order valence-electron chi connectivity index (χ2n) is 5.59. The van der Waals surface area contributed by atoms with E-state index in [9.17, 15) is 4.79 Å². The lowest BCUT2D eigenvalue weighted by atomic mass is 10.2. The average Bonchev–Trinajstić information content (AvgIpc) is 1.98. The number of ether oxygens (including phenoxy) is 2. The minimum atomic E-state index is -0.670. The fourth-order valence-electron chi connectivity index (χ4n) is 1.46. The van der Waals surface area contributed by atoms with Gasteiger partial charge in [0.25, 0.3) is 0 Å². The van der Waals surface area contributed by atoms with E-state index in [1.165, 1.54) is 0 Å². The van der Waals surface area contributed by atoms with Crippen molar-refractivity contribution in [3.05, 3.63) is 0 Å². The summed E-state index contributed by atoms with van der Waals surface area (Å²) < 4.78 is 10.7. The number of amides is 1. The van der Waals surface area contributed by atoms with E-state index in [-0.39, 0.29) is 12.1 Å². The Morgan fingerprint density at radius 1 is 1.12 bits per heavy atom. The van der Waals surface area contributed by atoms with Crippen molar-refractivity contribution in [2.24, 2.45) is 0 Å². The molecule has 1 amide bonds. The van der Waals surface area contributed by atoms with Gasteiger partial charge in [-0.3, -0.25) is 4.90 Å². The fraction of sp³-hybridized carbons (Fsp3) is 0.917. The van der Waals surface area contributed by atoms with Crippen LogP contribution in [-0.2, 0) is 9.47 Å². The quantitative estimate of drug-likeness (QED) is 0.701. The third-order valence-electron chi connectivity index (χ3n) is 2.19. The van der Waals surface area contributed by atoms with Gasteiger partial charge < -0.3 is 9.47 Å². The van der Waals surface area contributed by atoms with Gasteiger partial charge in [-0.25, -0.2) is 4.79 Å². The maximum Gasteiger partial charge on any atom is 0.412 e. The van der Waals surface area contributed by atoms with Gasteiger partial charge in [0.2, 0.25) is 0 Å². The van der Waals surface area contributed by atoms with E-state index >= 15 is 0 Å². The zero-order valence-corrected chi connectivity index (χ0v) is 11.7. The summed E-state index contributed by atoms with van der Waals surface area (Å²) in [7, 11) is 1.58. The van der Waals surface area contributed by atoms with E-state index in [1.807, 2.05) is 48.5 Å². The van der Waals surface area contributed by atoms with Crippen molar-refractivity contribution in [2.75, 3.05) is 7.11 Å². The highest BCUT2D eigenvalue weighted by molar-refractivity contribution is 5.69. The van der Waals surface area contributed by atoms with Crippen molar-refractivity contribution in [2.45, 2.75) is 65.8 Å². The summed E-state index contributed by atoms with van der Waals surface area (Å²) in [6.07, 6.45) is -0.352. The Kier molecular flexibility index (Phi) is 4.80. The largest absolute Gasteiger partial charge is 0.444 e. The number of hydrogen-bond donors (Lipinski definition) is 0. The van der Waals surface area contributed by atoms with Crippen LogP contribution in [0.25, 0.3) is 0 Å². The minimum absolute atomic E-state index is 0.0183. The molecule has 0 saturated heterocycles. The van der Waals surface area contributed by atoms with Crippen molar-refractivity contribution in [1.29, 1.82) is 0 Å². The highest BCUT2D eigenvalue weighted by atomic mass is 16.6. The average molecular weight is 231 g/mol. The molecule has 0 aliphatic heterocycles. The molecular weight excluding hydrogens is 206 g/mol. The molecule has 0 radical (unpaired) electrons. The molecule has 0 aliphatic carbocycles. The molecular formula is C12H25NO3. The van der Waals surface area contributed by atoms with E-state index < -0.39 is 11.3 Å². The lowest BCUT2D eigenvalue weighted by Gasteiger charge is -2.40. The summed E-state index contributed by atoms with van der Waals surface area (Å²) in [6.45, 7) is 13.1. The van der Waals surface area contributed by atoms with Crippen molar-refractivity contribution >= 4 is 6.09 Å². The third kappa shape index (κ3) is 4.39. The second-order valence-corrected chi connectivity index (χ2v) is 5.59. The first-order chi connectivity index (χ1) is 7.01. The zero-order chi connectivity index (χ0) is 13.1. The molecule has 16 heavy (non-hydrogen) atoms. The lowest BCUT2D eigenvalue weighted by molar-refractivity contribution is -0.118. The minimum Gasteiger partial charge on any atom is -0.444 e. The molecule has 0 aromatic rings.